The van der Waals surface area contributed by atoms with Gasteiger partial charge >= 0.3 is 6.03 Å². The van der Waals surface area contributed by atoms with Gasteiger partial charge in [-0.05, 0) is 32.9 Å². The van der Waals surface area contributed by atoms with E-state index in [-0.39, 0.29) is 18.0 Å². The Bertz CT molecular complexity index is 378. The molecule has 1 unspecified atom stereocenters. The van der Waals surface area contributed by atoms with E-state index in [1.54, 1.807) is 6.92 Å². The molecule has 0 spiro atoms. The first-order chi connectivity index (χ1) is 8.00. The number of hydrogen-bond acceptors (Lipinski definition) is 3. The monoisotopic (exact) mass is 237 g/mol. The summed E-state index contributed by atoms with van der Waals surface area (Å²) in [5, 5.41) is 2.65. The average molecular weight is 237 g/mol. The van der Waals surface area contributed by atoms with Crippen molar-refractivity contribution < 1.29 is 9.59 Å². The van der Waals surface area contributed by atoms with Crippen LogP contribution in [0.2, 0.25) is 0 Å². The second-order valence-corrected chi connectivity index (χ2v) is 4.85. The van der Waals surface area contributed by atoms with Crippen LogP contribution in [0.15, 0.2) is 11.6 Å². The fraction of sp³-hybridized carbons (Fsp3) is 0.667. The van der Waals surface area contributed by atoms with E-state index in [1.807, 2.05) is 6.92 Å². The zero-order valence-corrected chi connectivity index (χ0v) is 10.6. The maximum Gasteiger partial charge on any atom is 0.325 e. The third-order valence-corrected chi connectivity index (χ3v) is 3.54. The number of imide groups is 1. The number of nitrogens with zero attached hydrogens (tertiary/aromatic N) is 2. The molecule has 0 aromatic heterocycles. The minimum absolute atomic E-state index is 0.123. The van der Waals surface area contributed by atoms with Crippen LogP contribution in [-0.4, -0.2) is 54.0 Å². The van der Waals surface area contributed by atoms with Gasteiger partial charge in [0.1, 0.15) is 6.04 Å². The topological polar surface area (TPSA) is 52.6 Å². The number of likely N-dealkylation sites (N-methyl/N-ethyl adjacent to an activating group) is 1. The van der Waals surface area contributed by atoms with Crippen molar-refractivity contribution in [3.8, 4) is 0 Å². The molecule has 1 fully saturated rings. The Hall–Kier alpha value is -1.36. The Labute approximate surface area is 101 Å². The van der Waals surface area contributed by atoms with Crippen molar-refractivity contribution in [2.24, 2.45) is 0 Å². The summed E-state index contributed by atoms with van der Waals surface area (Å²) in [7, 11) is 2.06. The normalized spacial score (nSPS) is 28.1. The molecule has 0 saturated carbocycles. The summed E-state index contributed by atoms with van der Waals surface area (Å²) in [4.78, 5) is 27.1. The van der Waals surface area contributed by atoms with Gasteiger partial charge in [-0.25, -0.2) is 4.79 Å². The van der Waals surface area contributed by atoms with Crippen molar-refractivity contribution in [2.75, 3.05) is 20.1 Å². The minimum atomic E-state index is -0.392. The average Bonchev–Trinajstić information content (AvgIpc) is 2.53. The first-order valence-electron chi connectivity index (χ1n) is 6.01. The summed E-state index contributed by atoms with van der Waals surface area (Å²) in [6, 6.07) is -0.784. The van der Waals surface area contributed by atoms with E-state index in [2.05, 4.69) is 23.3 Å². The standard InChI is InChI=1S/C12H19N3O2/c1-8-11(16)15(12(17)13-8)9(2)10-4-6-14(3)7-5-10/h4,8-9H,5-7H2,1-3H3,(H,13,17)/t8-,9?/m1/s1. The van der Waals surface area contributed by atoms with Crippen LogP contribution in [0.3, 0.4) is 0 Å². The van der Waals surface area contributed by atoms with Gasteiger partial charge in [0, 0.05) is 13.1 Å². The van der Waals surface area contributed by atoms with Crippen LogP contribution in [-0.2, 0) is 4.79 Å². The smallest absolute Gasteiger partial charge is 0.325 e. The SMILES string of the molecule is CC(C1=CCN(C)CC1)N1C(=O)N[C@H](C)C1=O. The van der Waals surface area contributed by atoms with Gasteiger partial charge in [-0.1, -0.05) is 6.08 Å². The van der Waals surface area contributed by atoms with Crippen LogP contribution in [0.5, 0.6) is 0 Å². The first kappa shape index (κ1) is 12.1. The van der Waals surface area contributed by atoms with E-state index >= 15 is 0 Å². The van der Waals surface area contributed by atoms with Crippen LogP contribution in [0.1, 0.15) is 20.3 Å². The molecule has 17 heavy (non-hydrogen) atoms. The number of nitrogens with one attached hydrogen (secondary N) is 1. The second-order valence-electron chi connectivity index (χ2n) is 4.85. The second kappa shape index (κ2) is 4.49. The molecule has 2 heterocycles. The first-order valence-corrected chi connectivity index (χ1v) is 6.01. The van der Waals surface area contributed by atoms with Crippen molar-refractivity contribution >= 4 is 11.9 Å². The highest BCUT2D eigenvalue weighted by Gasteiger charge is 2.39. The number of urea groups is 1. The van der Waals surface area contributed by atoms with Gasteiger partial charge in [-0.15, -0.1) is 0 Å². The van der Waals surface area contributed by atoms with E-state index < -0.39 is 6.04 Å². The van der Waals surface area contributed by atoms with Gasteiger partial charge in [0.05, 0.1) is 6.04 Å². The maximum absolute atomic E-state index is 11.9. The molecule has 2 aliphatic heterocycles. The van der Waals surface area contributed by atoms with Gasteiger partial charge in [-0.3, -0.25) is 9.69 Å². The Morgan fingerprint density at radius 3 is 2.65 bits per heavy atom. The lowest BCUT2D eigenvalue weighted by Crippen LogP contribution is -2.42. The predicted octanol–water partition coefficient (Wildman–Crippen LogP) is 0.577. The van der Waals surface area contributed by atoms with Crippen LogP contribution in [0.25, 0.3) is 0 Å². The Balaban J connectivity index is 2.12. The summed E-state index contributed by atoms with van der Waals surface area (Å²) in [6.07, 6.45) is 3.04. The van der Waals surface area contributed by atoms with E-state index in [0.717, 1.165) is 19.5 Å². The van der Waals surface area contributed by atoms with Gasteiger partial charge in [0.15, 0.2) is 0 Å². The largest absolute Gasteiger partial charge is 0.326 e. The van der Waals surface area contributed by atoms with Crippen molar-refractivity contribution in [3.63, 3.8) is 0 Å². The van der Waals surface area contributed by atoms with Crippen LogP contribution in [0, 0.1) is 0 Å². The van der Waals surface area contributed by atoms with E-state index in [9.17, 15) is 9.59 Å². The van der Waals surface area contributed by atoms with Crippen LogP contribution >= 0.6 is 0 Å². The Morgan fingerprint density at radius 1 is 1.47 bits per heavy atom. The lowest BCUT2D eigenvalue weighted by molar-refractivity contribution is -0.128. The van der Waals surface area contributed by atoms with E-state index in [4.69, 9.17) is 0 Å². The molecule has 0 bridgehead atoms. The van der Waals surface area contributed by atoms with Gasteiger partial charge < -0.3 is 10.2 Å². The molecular weight excluding hydrogens is 218 g/mol. The Morgan fingerprint density at radius 2 is 2.18 bits per heavy atom. The summed E-state index contributed by atoms with van der Waals surface area (Å²) >= 11 is 0. The molecule has 1 saturated heterocycles. The number of amides is 3. The highest BCUT2D eigenvalue weighted by atomic mass is 16.2. The molecule has 3 amide bonds. The van der Waals surface area contributed by atoms with Crippen molar-refractivity contribution in [1.29, 1.82) is 0 Å². The highest BCUT2D eigenvalue weighted by Crippen LogP contribution is 2.21. The molecule has 2 atom stereocenters. The molecule has 0 aromatic carbocycles. The number of rotatable bonds is 2. The zero-order valence-electron chi connectivity index (χ0n) is 10.6. The van der Waals surface area contributed by atoms with Crippen molar-refractivity contribution in [3.05, 3.63) is 11.6 Å². The maximum atomic E-state index is 11.9. The lowest BCUT2D eigenvalue weighted by Gasteiger charge is -2.29. The van der Waals surface area contributed by atoms with Gasteiger partial charge in [0.2, 0.25) is 0 Å². The molecule has 2 rings (SSSR count). The quantitative estimate of drug-likeness (QED) is 0.564. The van der Waals surface area contributed by atoms with Gasteiger partial charge in [0.25, 0.3) is 5.91 Å². The van der Waals surface area contributed by atoms with Gasteiger partial charge in [-0.2, -0.15) is 0 Å². The number of hydrogen-bond donors (Lipinski definition) is 1. The molecule has 0 radical (unpaired) electrons. The molecule has 0 aromatic rings. The molecule has 94 valence electrons. The van der Waals surface area contributed by atoms with Crippen molar-refractivity contribution in [1.82, 2.24) is 15.1 Å². The summed E-state index contributed by atoms with van der Waals surface area (Å²) in [5.74, 6) is -0.123. The van der Waals surface area contributed by atoms with Crippen molar-refractivity contribution in [2.45, 2.75) is 32.4 Å². The highest BCUT2D eigenvalue weighted by molar-refractivity contribution is 6.04. The third kappa shape index (κ3) is 2.20. The molecule has 5 heteroatoms. The zero-order chi connectivity index (χ0) is 12.6. The molecule has 1 N–H and O–H groups in total. The summed E-state index contributed by atoms with van der Waals surface area (Å²) in [5.41, 5.74) is 1.18. The predicted molar refractivity (Wildman–Crippen MR) is 64.5 cm³/mol. The molecular formula is C12H19N3O2. The van der Waals surface area contributed by atoms with Crippen LogP contribution < -0.4 is 5.32 Å². The summed E-state index contributed by atoms with van der Waals surface area (Å²) in [6.45, 7) is 5.51. The summed E-state index contributed by atoms with van der Waals surface area (Å²) < 4.78 is 0. The van der Waals surface area contributed by atoms with Crippen LogP contribution in [0.4, 0.5) is 4.79 Å². The lowest BCUT2D eigenvalue weighted by atomic mass is 10.0. The Kier molecular flexibility index (Phi) is 3.19. The molecule has 2 aliphatic rings. The minimum Gasteiger partial charge on any atom is -0.326 e. The number of carbonyl (C=O) groups excluding carboxylic acids is 2. The fourth-order valence-electron chi connectivity index (χ4n) is 2.32. The molecule has 5 nitrogen and oxygen atoms in total. The molecule has 0 aliphatic carbocycles. The third-order valence-electron chi connectivity index (χ3n) is 3.54. The van der Waals surface area contributed by atoms with E-state index in [1.165, 1.54) is 10.5 Å². The van der Waals surface area contributed by atoms with E-state index in [0.29, 0.717) is 0 Å². The number of carbonyl (C=O) groups is 2. The fourth-order valence-corrected chi connectivity index (χ4v) is 2.32.